The molecule has 0 fully saturated rings. The van der Waals surface area contributed by atoms with E-state index >= 15 is 0 Å². The number of rotatable bonds is 4. The second kappa shape index (κ2) is 5.73. The lowest BCUT2D eigenvalue weighted by atomic mass is 9.98. The summed E-state index contributed by atoms with van der Waals surface area (Å²) in [4.78, 5) is 1.89. The van der Waals surface area contributed by atoms with Crippen LogP contribution in [0.4, 0.5) is 18.9 Å². The molecule has 0 saturated heterocycles. The molecule has 0 aliphatic rings. The Bertz CT molecular complexity index is 441. The number of anilines is 1. The molecule has 1 aromatic rings. The summed E-state index contributed by atoms with van der Waals surface area (Å²) in [5, 5.41) is 0.197. The lowest BCUT2D eigenvalue weighted by molar-refractivity contribution is -0.138. The second-order valence-electron chi connectivity index (χ2n) is 5.20. The lowest BCUT2D eigenvalue weighted by Crippen LogP contribution is -2.40. The molecule has 19 heavy (non-hydrogen) atoms. The number of hydrogen-bond acceptors (Lipinski definition) is 1. The standard InChI is InChI=1S/C14H19BrF3N/c1-5-13(2,3)19(4)11-7-6-10(9-15)12(8-11)14(16,17)18/h6-8H,5,9H2,1-4H3. The summed E-state index contributed by atoms with van der Waals surface area (Å²) in [5.41, 5.74) is 0.0992. The quantitative estimate of drug-likeness (QED) is 0.680. The number of nitrogens with zero attached hydrogens (tertiary/aromatic N) is 1. The van der Waals surface area contributed by atoms with E-state index in [0.717, 1.165) is 6.42 Å². The average molecular weight is 338 g/mol. The van der Waals surface area contributed by atoms with Crippen molar-refractivity contribution in [3.8, 4) is 0 Å². The van der Waals surface area contributed by atoms with Crippen LogP contribution in [0.25, 0.3) is 0 Å². The number of alkyl halides is 4. The van der Waals surface area contributed by atoms with Crippen LogP contribution in [-0.2, 0) is 11.5 Å². The molecule has 0 N–H and O–H groups in total. The first-order chi connectivity index (χ1) is 8.63. The molecular formula is C14H19BrF3N. The van der Waals surface area contributed by atoms with E-state index in [2.05, 4.69) is 15.9 Å². The van der Waals surface area contributed by atoms with Crippen molar-refractivity contribution in [2.45, 2.75) is 44.2 Å². The number of benzene rings is 1. The fraction of sp³-hybridized carbons (Fsp3) is 0.571. The molecule has 1 rings (SSSR count). The van der Waals surface area contributed by atoms with Gasteiger partial charge in [0.15, 0.2) is 0 Å². The van der Waals surface area contributed by atoms with Crippen LogP contribution in [-0.4, -0.2) is 12.6 Å². The topological polar surface area (TPSA) is 3.24 Å². The van der Waals surface area contributed by atoms with Gasteiger partial charge in [-0.25, -0.2) is 0 Å². The predicted molar refractivity (Wildman–Crippen MR) is 76.8 cm³/mol. The monoisotopic (exact) mass is 337 g/mol. The first-order valence-corrected chi connectivity index (χ1v) is 7.25. The van der Waals surface area contributed by atoms with Gasteiger partial charge < -0.3 is 4.90 Å². The normalized spacial score (nSPS) is 12.6. The molecule has 0 aliphatic carbocycles. The van der Waals surface area contributed by atoms with Crippen LogP contribution in [0.5, 0.6) is 0 Å². The van der Waals surface area contributed by atoms with Gasteiger partial charge in [-0.15, -0.1) is 0 Å². The summed E-state index contributed by atoms with van der Waals surface area (Å²) in [6, 6.07) is 4.51. The summed E-state index contributed by atoms with van der Waals surface area (Å²) in [5.74, 6) is 0. The molecule has 1 aromatic carbocycles. The molecule has 0 heterocycles. The van der Waals surface area contributed by atoms with E-state index in [-0.39, 0.29) is 16.4 Å². The molecule has 108 valence electrons. The smallest absolute Gasteiger partial charge is 0.369 e. The van der Waals surface area contributed by atoms with Crippen molar-refractivity contribution in [2.24, 2.45) is 0 Å². The van der Waals surface area contributed by atoms with Crippen LogP contribution in [0, 0.1) is 0 Å². The van der Waals surface area contributed by atoms with Gasteiger partial charge in [0.05, 0.1) is 5.56 Å². The van der Waals surface area contributed by atoms with Crippen molar-refractivity contribution in [3.05, 3.63) is 29.3 Å². The Kier molecular flexibility index (Phi) is 4.93. The van der Waals surface area contributed by atoms with Crippen molar-refractivity contribution >= 4 is 21.6 Å². The maximum atomic E-state index is 13.0. The first-order valence-electron chi connectivity index (χ1n) is 6.13. The maximum Gasteiger partial charge on any atom is 0.416 e. The second-order valence-corrected chi connectivity index (χ2v) is 5.76. The van der Waals surface area contributed by atoms with Gasteiger partial charge in [-0.1, -0.05) is 28.9 Å². The Balaban J connectivity index is 3.26. The molecule has 0 bridgehead atoms. The molecule has 0 spiro atoms. The Labute approximate surface area is 120 Å². The molecule has 0 unspecified atom stereocenters. The molecule has 0 saturated carbocycles. The molecule has 5 heteroatoms. The van der Waals surface area contributed by atoms with Gasteiger partial charge in [-0.2, -0.15) is 13.2 Å². The van der Waals surface area contributed by atoms with Gasteiger partial charge >= 0.3 is 6.18 Å². The zero-order chi connectivity index (χ0) is 14.8. The fourth-order valence-corrected chi connectivity index (χ4v) is 2.23. The summed E-state index contributed by atoms with van der Waals surface area (Å²) in [6.45, 7) is 6.05. The van der Waals surface area contributed by atoms with Crippen LogP contribution >= 0.6 is 15.9 Å². The maximum absolute atomic E-state index is 13.0. The van der Waals surface area contributed by atoms with Crippen molar-refractivity contribution in [1.82, 2.24) is 0 Å². The van der Waals surface area contributed by atoms with E-state index in [1.165, 1.54) is 12.1 Å². The lowest BCUT2D eigenvalue weighted by Gasteiger charge is -2.37. The van der Waals surface area contributed by atoms with E-state index in [9.17, 15) is 13.2 Å². The Morgan fingerprint density at radius 1 is 1.21 bits per heavy atom. The average Bonchev–Trinajstić information content (AvgIpc) is 2.36. The van der Waals surface area contributed by atoms with Crippen molar-refractivity contribution in [1.29, 1.82) is 0 Å². The third-order valence-corrected chi connectivity index (χ3v) is 4.31. The van der Waals surface area contributed by atoms with Gasteiger partial charge in [0.25, 0.3) is 0 Å². The zero-order valence-corrected chi connectivity index (χ0v) is 13.2. The molecular weight excluding hydrogens is 319 g/mol. The van der Waals surface area contributed by atoms with Crippen LogP contribution in [0.2, 0.25) is 0 Å². The zero-order valence-electron chi connectivity index (χ0n) is 11.6. The van der Waals surface area contributed by atoms with E-state index < -0.39 is 11.7 Å². The van der Waals surface area contributed by atoms with Gasteiger partial charge in [0.2, 0.25) is 0 Å². The minimum atomic E-state index is -4.32. The van der Waals surface area contributed by atoms with E-state index in [4.69, 9.17) is 0 Å². The predicted octanol–water partition coefficient (Wildman–Crippen LogP) is 5.23. The largest absolute Gasteiger partial charge is 0.416 e. The highest BCUT2D eigenvalue weighted by Crippen LogP contribution is 2.36. The number of halogens is 4. The van der Waals surface area contributed by atoms with Gasteiger partial charge in [-0.3, -0.25) is 0 Å². The molecule has 0 aliphatic heterocycles. The Hall–Kier alpha value is -0.710. The molecule has 0 atom stereocenters. The summed E-state index contributed by atoms with van der Waals surface area (Å²) in [6.07, 6.45) is -3.47. The number of hydrogen-bond donors (Lipinski definition) is 0. The van der Waals surface area contributed by atoms with Crippen LogP contribution in [0.15, 0.2) is 18.2 Å². The molecule has 0 amide bonds. The fourth-order valence-electron chi connectivity index (χ4n) is 1.74. The minimum absolute atomic E-state index is 0.182. The molecule has 0 radical (unpaired) electrons. The highest BCUT2D eigenvalue weighted by Gasteiger charge is 2.34. The SMILES string of the molecule is CCC(C)(C)N(C)c1ccc(CBr)c(C(F)(F)F)c1. The molecule has 1 nitrogen and oxygen atoms in total. The van der Waals surface area contributed by atoms with Gasteiger partial charge in [0.1, 0.15) is 0 Å². The first kappa shape index (κ1) is 16.3. The van der Waals surface area contributed by atoms with Crippen molar-refractivity contribution in [2.75, 3.05) is 11.9 Å². The minimum Gasteiger partial charge on any atom is -0.369 e. The van der Waals surface area contributed by atoms with Crippen molar-refractivity contribution in [3.63, 3.8) is 0 Å². The Morgan fingerprint density at radius 3 is 2.21 bits per heavy atom. The third kappa shape index (κ3) is 3.65. The Morgan fingerprint density at radius 2 is 1.79 bits per heavy atom. The summed E-state index contributed by atoms with van der Waals surface area (Å²) < 4.78 is 39.1. The van der Waals surface area contributed by atoms with E-state index in [1.54, 1.807) is 6.07 Å². The highest BCUT2D eigenvalue weighted by molar-refractivity contribution is 9.08. The highest BCUT2D eigenvalue weighted by atomic mass is 79.9. The summed E-state index contributed by atoms with van der Waals surface area (Å²) >= 11 is 3.10. The molecule has 0 aromatic heterocycles. The summed E-state index contributed by atoms with van der Waals surface area (Å²) in [7, 11) is 1.83. The van der Waals surface area contributed by atoms with E-state index in [1.807, 2.05) is 32.7 Å². The van der Waals surface area contributed by atoms with Crippen LogP contribution in [0.1, 0.15) is 38.3 Å². The van der Waals surface area contributed by atoms with Gasteiger partial charge in [-0.05, 0) is 38.0 Å². The van der Waals surface area contributed by atoms with Crippen LogP contribution < -0.4 is 4.90 Å². The van der Waals surface area contributed by atoms with Crippen LogP contribution in [0.3, 0.4) is 0 Å². The third-order valence-electron chi connectivity index (χ3n) is 3.70. The van der Waals surface area contributed by atoms with E-state index in [0.29, 0.717) is 5.69 Å². The van der Waals surface area contributed by atoms with Crippen molar-refractivity contribution < 1.29 is 13.2 Å². The van der Waals surface area contributed by atoms with Gasteiger partial charge in [0, 0.05) is 23.6 Å².